The summed E-state index contributed by atoms with van der Waals surface area (Å²) in [7, 11) is -4.32. The van der Waals surface area contributed by atoms with Crippen LogP contribution in [0.3, 0.4) is 0 Å². The molecular formula is C9H10BrF3N2O3S. The highest BCUT2D eigenvalue weighted by Gasteiger charge is 2.65. The Morgan fingerprint density at radius 3 is 2.42 bits per heavy atom. The number of nitrogens with one attached hydrogen (secondary N) is 1. The molecule has 0 radical (unpaired) electrons. The second-order valence-electron chi connectivity index (χ2n) is 4.24. The van der Waals surface area contributed by atoms with Crippen LogP contribution in [-0.4, -0.2) is 20.1 Å². The molecule has 1 saturated carbocycles. The number of halogens is 4. The van der Waals surface area contributed by atoms with Crippen molar-refractivity contribution >= 4 is 26.0 Å². The number of nitrogens with two attached hydrogens (primary N) is 1. The lowest BCUT2D eigenvalue weighted by Gasteiger charge is -2.20. The molecule has 1 aliphatic rings. The average Bonchev–Trinajstić information content (AvgIpc) is 2.92. The van der Waals surface area contributed by atoms with Crippen LogP contribution in [0.1, 0.15) is 18.6 Å². The summed E-state index contributed by atoms with van der Waals surface area (Å²) in [6.45, 7) is -0.0570. The van der Waals surface area contributed by atoms with Crippen LogP contribution < -0.4 is 10.5 Å². The van der Waals surface area contributed by atoms with E-state index in [1.54, 1.807) is 4.72 Å². The summed E-state index contributed by atoms with van der Waals surface area (Å²) < 4.78 is 68.6. The van der Waals surface area contributed by atoms with Gasteiger partial charge < -0.3 is 10.2 Å². The van der Waals surface area contributed by atoms with Crippen molar-refractivity contribution in [2.45, 2.75) is 36.0 Å². The Labute approximate surface area is 115 Å². The molecule has 0 spiro atoms. The maximum atomic E-state index is 12.7. The average molecular weight is 363 g/mol. The SMILES string of the molecule is NCc1cc(S(=O)(=O)NC2(C(F)(F)F)CC2)c(Br)o1. The monoisotopic (exact) mass is 362 g/mol. The Hall–Kier alpha value is -0.580. The molecule has 0 amide bonds. The lowest BCUT2D eigenvalue weighted by Crippen LogP contribution is -2.47. The largest absolute Gasteiger partial charge is 0.452 e. The van der Waals surface area contributed by atoms with E-state index in [1.807, 2.05) is 0 Å². The Morgan fingerprint density at radius 2 is 2.05 bits per heavy atom. The predicted molar refractivity (Wildman–Crippen MR) is 62.6 cm³/mol. The first kappa shape index (κ1) is 14.8. The van der Waals surface area contributed by atoms with E-state index >= 15 is 0 Å². The topological polar surface area (TPSA) is 85.3 Å². The van der Waals surface area contributed by atoms with Gasteiger partial charge in [0, 0.05) is 6.07 Å². The van der Waals surface area contributed by atoms with Crippen LogP contribution in [0.4, 0.5) is 13.2 Å². The van der Waals surface area contributed by atoms with E-state index in [-0.39, 0.29) is 34.7 Å². The summed E-state index contributed by atoms with van der Waals surface area (Å²) in [5.74, 6) is 0.157. The summed E-state index contributed by atoms with van der Waals surface area (Å²) >= 11 is 2.85. The number of hydrogen-bond acceptors (Lipinski definition) is 4. The highest BCUT2D eigenvalue weighted by molar-refractivity contribution is 9.10. The molecule has 0 unspecified atom stereocenters. The second kappa shape index (κ2) is 4.47. The molecule has 10 heteroatoms. The first-order chi connectivity index (χ1) is 8.61. The van der Waals surface area contributed by atoms with Gasteiger partial charge in [-0.1, -0.05) is 0 Å². The Balaban J connectivity index is 2.31. The Bertz CT molecular complexity index is 592. The summed E-state index contributed by atoms with van der Waals surface area (Å²) in [4.78, 5) is -0.386. The molecule has 0 atom stereocenters. The number of hydrogen-bond donors (Lipinski definition) is 2. The fraction of sp³-hybridized carbons (Fsp3) is 0.556. The quantitative estimate of drug-likeness (QED) is 0.856. The van der Waals surface area contributed by atoms with Crippen molar-refractivity contribution in [3.05, 3.63) is 16.5 Å². The first-order valence-corrected chi connectivity index (χ1v) is 7.48. The summed E-state index contributed by atoms with van der Waals surface area (Å²) in [5, 5.41) is 0. The molecule has 0 bridgehead atoms. The van der Waals surface area contributed by atoms with E-state index in [1.165, 1.54) is 0 Å². The minimum Gasteiger partial charge on any atom is -0.452 e. The third-order valence-electron chi connectivity index (χ3n) is 2.82. The molecule has 2 rings (SSSR count). The zero-order valence-electron chi connectivity index (χ0n) is 9.42. The van der Waals surface area contributed by atoms with Crippen LogP contribution in [0.15, 0.2) is 20.0 Å². The van der Waals surface area contributed by atoms with Gasteiger partial charge in [-0.15, -0.1) is 0 Å². The van der Waals surface area contributed by atoms with Crippen LogP contribution in [0, 0.1) is 0 Å². The van der Waals surface area contributed by atoms with Crippen LogP contribution in [0.2, 0.25) is 0 Å². The van der Waals surface area contributed by atoms with Gasteiger partial charge in [0.1, 0.15) is 16.2 Å². The van der Waals surface area contributed by atoms with E-state index in [9.17, 15) is 21.6 Å². The van der Waals surface area contributed by atoms with Gasteiger partial charge in [0.2, 0.25) is 10.0 Å². The van der Waals surface area contributed by atoms with Gasteiger partial charge in [-0.2, -0.15) is 17.9 Å². The standard InChI is InChI=1S/C9H10BrF3N2O3S/c10-7-6(3-5(4-14)18-7)19(16,17)15-8(1-2-8)9(11,12)13/h3,15H,1-2,4,14H2. The van der Waals surface area contributed by atoms with E-state index in [0.29, 0.717) is 0 Å². The number of sulfonamides is 1. The molecule has 1 fully saturated rings. The molecule has 0 aromatic carbocycles. The molecule has 108 valence electrons. The van der Waals surface area contributed by atoms with Gasteiger partial charge >= 0.3 is 6.18 Å². The number of rotatable bonds is 4. The fourth-order valence-corrected chi connectivity index (χ4v) is 4.01. The minimum atomic E-state index is -4.62. The third kappa shape index (κ3) is 2.67. The Kier molecular flexibility index (Phi) is 3.49. The zero-order valence-corrected chi connectivity index (χ0v) is 11.8. The van der Waals surface area contributed by atoms with Crippen LogP contribution >= 0.6 is 15.9 Å². The van der Waals surface area contributed by atoms with Crippen molar-refractivity contribution in [3.8, 4) is 0 Å². The molecular weight excluding hydrogens is 353 g/mol. The molecule has 5 nitrogen and oxygen atoms in total. The maximum absolute atomic E-state index is 12.7. The second-order valence-corrected chi connectivity index (χ2v) is 6.61. The van der Waals surface area contributed by atoms with Gasteiger partial charge in [-0.05, 0) is 28.8 Å². The number of furan rings is 1. The molecule has 1 aliphatic carbocycles. The maximum Gasteiger partial charge on any atom is 0.407 e. The van der Waals surface area contributed by atoms with E-state index in [2.05, 4.69) is 15.9 Å². The minimum absolute atomic E-state index is 0.0570. The summed E-state index contributed by atoms with van der Waals surface area (Å²) in [5.41, 5.74) is 2.92. The van der Waals surface area contributed by atoms with Crippen molar-refractivity contribution in [3.63, 3.8) is 0 Å². The van der Waals surface area contributed by atoms with Crippen LogP contribution in [0.5, 0.6) is 0 Å². The summed E-state index contributed by atoms with van der Waals surface area (Å²) in [6.07, 6.45) is -5.16. The van der Waals surface area contributed by atoms with Gasteiger partial charge in [0.25, 0.3) is 0 Å². The van der Waals surface area contributed by atoms with Crippen molar-refractivity contribution < 1.29 is 26.0 Å². The molecule has 0 aliphatic heterocycles. The van der Waals surface area contributed by atoms with Gasteiger partial charge in [-0.3, -0.25) is 0 Å². The van der Waals surface area contributed by atoms with E-state index < -0.39 is 21.7 Å². The van der Waals surface area contributed by atoms with Crippen molar-refractivity contribution in [2.24, 2.45) is 5.73 Å². The first-order valence-electron chi connectivity index (χ1n) is 5.20. The van der Waals surface area contributed by atoms with Crippen molar-refractivity contribution in [1.82, 2.24) is 4.72 Å². The van der Waals surface area contributed by atoms with Crippen molar-refractivity contribution in [1.29, 1.82) is 0 Å². The highest BCUT2D eigenvalue weighted by atomic mass is 79.9. The van der Waals surface area contributed by atoms with Gasteiger partial charge in [-0.25, -0.2) is 8.42 Å². The molecule has 1 heterocycles. The summed E-state index contributed by atoms with van der Waals surface area (Å²) in [6, 6.07) is 1.10. The molecule has 3 N–H and O–H groups in total. The smallest absolute Gasteiger partial charge is 0.407 e. The normalized spacial score (nSPS) is 18.6. The zero-order chi connectivity index (χ0) is 14.5. The van der Waals surface area contributed by atoms with Crippen LogP contribution in [0.25, 0.3) is 0 Å². The van der Waals surface area contributed by atoms with Gasteiger partial charge in [0.05, 0.1) is 6.54 Å². The Morgan fingerprint density at radius 1 is 1.47 bits per heavy atom. The van der Waals surface area contributed by atoms with Crippen LogP contribution in [-0.2, 0) is 16.6 Å². The highest BCUT2D eigenvalue weighted by Crippen LogP contribution is 2.50. The van der Waals surface area contributed by atoms with Crippen molar-refractivity contribution in [2.75, 3.05) is 0 Å². The molecule has 0 saturated heterocycles. The number of alkyl halides is 3. The third-order valence-corrected chi connectivity index (χ3v) is 5.21. The molecule has 19 heavy (non-hydrogen) atoms. The molecule has 1 aromatic rings. The fourth-order valence-electron chi connectivity index (χ4n) is 1.56. The molecule has 1 aromatic heterocycles. The van der Waals surface area contributed by atoms with Gasteiger partial charge in [0.15, 0.2) is 4.67 Å². The predicted octanol–water partition coefficient (Wildman–Crippen LogP) is 1.87. The van der Waals surface area contributed by atoms with E-state index in [4.69, 9.17) is 10.2 Å². The lowest BCUT2D eigenvalue weighted by molar-refractivity contribution is -0.160. The lowest BCUT2D eigenvalue weighted by atomic mass is 10.3. The van der Waals surface area contributed by atoms with E-state index in [0.717, 1.165) is 6.07 Å².